The first kappa shape index (κ1) is 20.2. The van der Waals surface area contributed by atoms with Gasteiger partial charge in [-0.3, -0.25) is 19.3 Å². The van der Waals surface area contributed by atoms with Crippen molar-refractivity contribution in [2.45, 2.75) is 37.6 Å². The van der Waals surface area contributed by atoms with Crippen molar-refractivity contribution >= 4 is 33.4 Å². The minimum Gasteiger partial charge on any atom is -0.325 e. The third-order valence-corrected chi connectivity index (χ3v) is 6.41. The van der Waals surface area contributed by atoms with Crippen LogP contribution < -0.4 is 10.0 Å². The Kier molecular flexibility index (Phi) is 5.66. The maximum Gasteiger partial charge on any atom is 0.244 e. The highest BCUT2D eigenvalue weighted by molar-refractivity contribution is 7.89. The molecule has 1 heterocycles. The lowest BCUT2D eigenvalue weighted by Crippen LogP contribution is -2.38. The Morgan fingerprint density at radius 2 is 1.61 bits per heavy atom. The summed E-state index contributed by atoms with van der Waals surface area (Å²) in [7, 11) is -3.62. The Labute approximate surface area is 164 Å². The van der Waals surface area contributed by atoms with E-state index in [0.29, 0.717) is 18.5 Å². The van der Waals surface area contributed by atoms with Crippen LogP contribution in [0.5, 0.6) is 0 Å². The van der Waals surface area contributed by atoms with Gasteiger partial charge in [0.2, 0.25) is 27.7 Å². The summed E-state index contributed by atoms with van der Waals surface area (Å²) in [5, 5.41) is 2.59. The van der Waals surface area contributed by atoms with Gasteiger partial charge in [0.15, 0.2) is 0 Å². The van der Waals surface area contributed by atoms with Crippen molar-refractivity contribution in [1.29, 1.82) is 0 Å². The molecule has 1 fully saturated rings. The molecule has 2 aliphatic rings. The van der Waals surface area contributed by atoms with Crippen molar-refractivity contribution in [3.05, 3.63) is 36.4 Å². The molecule has 1 saturated heterocycles. The average molecular weight is 405 g/mol. The van der Waals surface area contributed by atoms with E-state index in [-0.39, 0.29) is 41.1 Å². The molecule has 2 N–H and O–H groups in total. The Balaban J connectivity index is 1.63. The molecule has 0 aromatic heterocycles. The predicted molar refractivity (Wildman–Crippen MR) is 103 cm³/mol. The van der Waals surface area contributed by atoms with E-state index in [0.717, 1.165) is 4.90 Å². The standard InChI is InChI=1S/C19H23N3O5S/c1-12(2)21-28(26,27)14-9-7-13(8-10-14)20-17(23)11-22-18(24)15-5-3-4-6-16(15)19(22)25/h3-4,7-10,12,15-16,21H,5-6,11H2,1-2H3,(H,20,23)/t15-,16-/m0/s1. The van der Waals surface area contributed by atoms with Crippen LogP contribution in [0, 0.1) is 11.8 Å². The molecule has 0 unspecified atom stereocenters. The fraction of sp³-hybridized carbons (Fsp3) is 0.421. The number of nitrogens with one attached hydrogen (secondary N) is 2. The van der Waals surface area contributed by atoms with Gasteiger partial charge in [0.25, 0.3) is 0 Å². The number of anilines is 1. The largest absolute Gasteiger partial charge is 0.325 e. The number of carbonyl (C=O) groups is 3. The molecule has 0 saturated carbocycles. The van der Waals surface area contributed by atoms with Crippen LogP contribution in [-0.2, 0) is 24.4 Å². The van der Waals surface area contributed by atoms with Gasteiger partial charge in [-0.05, 0) is 51.0 Å². The summed E-state index contributed by atoms with van der Waals surface area (Å²) >= 11 is 0. The van der Waals surface area contributed by atoms with Crippen LogP contribution in [0.3, 0.4) is 0 Å². The van der Waals surface area contributed by atoms with E-state index in [4.69, 9.17) is 0 Å². The van der Waals surface area contributed by atoms with Crippen LogP contribution in [0.25, 0.3) is 0 Å². The first-order valence-corrected chi connectivity index (χ1v) is 10.6. The molecule has 8 nitrogen and oxygen atoms in total. The zero-order valence-electron chi connectivity index (χ0n) is 15.7. The van der Waals surface area contributed by atoms with E-state index in [1.165, 1.54) is 24.3 Å². The minimum absolute atomic E-state index is 0.0840. The van der Waals surface area contributed by atoms with Gasteiger partial charge >= 0.3 is 0 Å². The lowest BCUT2D eigenvalue weighted by molar-refractivity contribution is -0.142. The summed E-state index contributed by atoms with van der Waals surface area (Å²) in [6.07, 6.45) is 4.82. The summed E-state index contributed by atoms with van der Waals surface area (Å²) in [4.78, 5) is 38.2. The molecule has 9 heteroatoms. The van der Waals surface area contributed by atoms with Crippen LogP contribution >= 0.6 is 0 Å². The fourth-order valence-electron chi connectivity index (χ4n) is 3.46. The highest BCUT2D eigenvalue weighted by atomic mass is 32.2. The number of imide groups is 1. The van der Waals surface area contributed by atoms with Crippen molar-refractivity contribution < 1.29 is 22.8 Å². The molecule has 3 amide bonds. The number of nitrogens with zero attached hydrogens (tertiary/aromatic N) is 1. The second-order valence-corrected chi connectivity index (χ2v) is 8.98. The predicted octanol–water partition coefficient (Wildman–Crippen LogP) is 1.26. The number of fused-ring (bicyclic) bond motifs is 1. The van der Waals surface area contributed by atoms with Crippen molar-refractivity contribution in [2.24, 2.45) is 11.8 Å². The number of carbonyl (C=O) groups excluding carboxylic acids is 3. The monoisotopic (exact) mass is 405 g/mol. The van der Waals surface area contributed by atoms with Crippen LogP contribution in [0.2, 0.25) is 0 Å². The summed E-state index contributed by atoms with van der Waals surface area (Å²) in [6, 6.07) is 5.45. The molecule has 1 aliphatic carbocycles. The zero-order valence-corrected chi connectivity index (χ0v) is 16.5. The Morgan fingerprint density at radius 1 is 1.07 bits per heavy atom. The molecule has 3 rings (SSSR count). The van der Waals surface area contributed by atoms with E-state index in [1.54, 1.807) is 13.8 Å². The molecule has 2 atom stereocenters. The third kappa shape index (κ3) is 4.15. The van der Waals surface area contributed by atoms with Crippen LogP contribution in [0.15, 0.2) is 41.3 Å². The van der Waals surface area contributed by atoms with Crippen molar-refractivity contribution in [1.82, 2.24) is 9.62 Å². The minimum atomic E-state index is -3.62. The van der Waals surface area contributed by atoms with E-state index in [2.05, 4.69) is 10.0 Å². The maximum atomic E-state index is 12.4. The third-order valence-electron chi connectivity index (χ3n) is 4.74. The molecule has 0 spiro atoms. The molecule has 28 heavy (non-hydrogen) atoms. The lowest BCUT2D eigenvalue weighted by atomic mass is 9.85. The summed E-state index contributed by atoms with van der Waals surface area (Å²) < 4.78 is 26.7. The van der Waals surface area contributed by atoms with Gasteiger partial charge in [-0.2, -0.15) is 0 Å². The second kappa shape index (κ2) is 7.84. The van der Waals surface area contributed by atoms with E-state index in [9.17, 15) is 22.8 Å². The number of hydrogen-bond donors (Lipinski definition) is 2. The van der Waals surface area contributed by atoms with Crippen molar-refractivity contribution in [2.75, 3.05) is 11.9 Å². The quantitative estimate of drug-likeness (QED) is 0.547. The number of likely N-dealkylation sites (tertiary alicyclic amines) is 1. The van der Waals surface area contributed by atoms with Gasteiger partial charge < -0.3 is 5.32 Å². The SMILES string of the molecule is CC(C)NS(=O)(=O)c1ccc(NC(=O)CN2C(=O)[C@H]3CC=CC[C@@H]3C2=O)cc1. The van der Waals surface area contributed by atoms with Crippen molar-refractivity contribution in [3.63, 3.8) is 0 Å². The highest BCUT2D eigenvalue weighted by Gasteiger charge is 2.47. The number of allylic oxidation sites excluding steroid dienone is 2. The van der Waals surface area contributed by atoms with E-state index >= 15 is 0 Å². The molecule has 150 valence electrons. The van der Waals surface area contributed by atoms with E-state index < -0.39 is 15.9 Å². The molecule has 1 aromatic carbocycles. The summed E-state index contributed by atoms with van der Waals surface area (Å²) in [5.74, 6) is -1.87. The van der Waals surface area contributed by atoms with Gasteiger partial charge in [0.05, 0.1) is 16.7 Å². The van der Waals surface area contributed by atoms with Crippen LogP contribution in [-0.4, -0.2) is 43.6 Å². The molecule has 0 bridgehead atoms. The topological polar surface area (TPSA) is 113 Å². The van der Waals surface area contributed by atoms with Gasteiger partial charge in [-0.25, -0.2) is 13.1 Å². The molecule has 0 radical (unpaired) electrons. The van der Waals surface area contributed by atoms with E-state index in [1.807, 2.05) is 12.2 Å². The number of benzene rings is 1. The molecular formula is C19H23N3O5S. The van der Waals surface area contributed by atoms with Gasteiger partial charge in [-0.15, -0.1) is 0 Å². The number of rotatable bonds is 6. The van der Waals surface area contributed by atoms with Crippen LogP contribution in [0.1, 0.15) is 26.7 Å². The lowest BCUT2D eigenvalue weighted by Gasteiger charge is -2.15. The first-order chi connectivity index (χ1) is 13.2. The molecule has 1 aromatic rings. The maximum absolute atomic E-state index is 12.4. The summed E-state index contributed by atoms with van der Waals surface area (Å²) in [5.41, 5.74) is 0.381. The zero-order chi connectivity index (χ0) is 20.5. The number of amides is 3. The normalized spacial score (nSPS) is 21.9. The van der Waals surface area contributed by atoms with Gasteiger partial charge in [0, 0.05) is 11.7 Å². The Morgan fingerprint density at radius 3 is 2.11 bits per heavy atom. The molecular weight excluding hydrogens is 382 g/mol. The summed E-state index contributed by atoms with van der Waals surface area (Å²) in [6.45, 7) is 3.10. The first-order valence-electron chi connectivity index (χ1n) is 9.11. The number of sulfonamides is 1. The smallest absolute Gasteiger partial charge is 0.244 e. The fourth-order valence-corrected chi connectivity index (χ4v) is 4.72. The van der Waals surface area contributed by atoms with Gasteiger partial charge in [-0.1, -0.05) is 12.2 Å². The average Bonchev–Trinajstić information content (AvgIpc) is 2.86. The molecule has 1 aliphatic heterocycles. The van der Waals surface area contributed by atoms with Crippen LogP contribution in [0.4, 0.5) is 5.69 Å². The Hall–Kier alpha value is -2.52. The number of hydrogen-bond acceptors (Lipinski definition) is 5. The van der Waals surface area contributed by atoms with Crippen molar-refractivity contribution in [3.8, 4) is 0 Å². The Bertz CT molecular complexity index is 895. The highest BCUT2D eigenvalue weighted by Crippen LogP contribution is 2.34. The van der Waals surface area contributed by atoms with Gasteiger partial charge in [0.1, 0.15) is 6.54 Å². The second-order valence-electron chi connectivity index (χ2n) is 7.27.